The topological polar surface area (TPSA) is 21.3 Å². The SMILES string of the molecule is CCNCC(Cc1ccccc1OC)C(C)C. The van der Waals surface area contributed by atoms with Gasteiger partial charge in [-0.2, -0.15) is 0 Å². The normalized spacial score (nSPS) is 12.8. The highest BCUT2D eigenvalue weighted by molar-refractivity contribution is 5.33. The van der Waals surface area contributed by atoms with E-state index < -0.39 is 0 Å². The lowest BCUT2D eigenvalue weighted by Crippen LogP contribution is -2.27. The molecule has 2 nitrogen and oxygen atoms in total. The zero-order chi connectivity index (χ0) is 12.7. The molecule has 0 spiro atoms. The summed E-state index contributed by atoms with van der Waals surface area (Å²) in [5.41, 5.74) is 1.31. The fourth-order valence-electron chi connectivity index (χ4n) is 2.03. The molecule has 0 aromatic heterocycles. The Morgan fingerprint density at radius 3 is 2.53 bits per heavy atom. The van der Waals surface area contributed by atoms with Crippen LogP contribution in [0.2, 0.25) is 0 Å². The first-order valence-corrected chi connectivity index (χ1v) is 6.51. The van der Waals surface area contributed by atoms with Crippen molar-refractivity contribution in [3.05, 3.63) is 29.8 Å². The van der Waals surface area contributed by atoms with Crippen molar-refractivity contribution in [2.24, 2.45) is 11.8 Å². The van der Waals surface area contributed by atoms with Crippen LogP contribution in [-0.4, -0.2) is 20.2 Å². The van der Waals surface area contributed by atoms with Crippen molar-refractivity contribution in [2.75, 3.05) is 20.2 Å². The molecule has 0 amide bonds. The van der Waals surface area contributed by atoms with Gasteiger partial charge in [0.05, 0.1) is 7.11 Å². The van der Waals surface area contributed by atoms with Crippen LogP contribution in [0, 0.1) is 11.8 Å². The predicted molar refractivity (Wildman–Crippen MR) is 73.6 cm³/mol. The zero-order valence-corrected chi connectivity index (χ0v) is 11.5. The lowest BCUT2D eigenvalue weighted by molar-refractivity contribution is 0.353. The highest BCUT2D eigenvalue weighted by Gasteiger charge is 2.15. The smallest absolute Gasteiger partial charge is 0.122 e. The molecular weight excluding hydrogens is 210 g/mol. The lowest BCUT2D eigenvalue weighted by Gasteiger charge is -2.22. The van der Waals surface area contributed by atoms with Crippen LogP contribution in [0.4, 0.5) is 0 Å². The number of benzene rings is 1. The van der Waals surface area contributed by atoms with E-state index in [1.807, 2.05) is 12.1 Å². The Hall–Kier alpha value is -1.02. The average Bonchev–Trinajstić information content (AvgIpc) is 2.34. The monoisotopic (exact) mass is 235 g/mol. The van der Waals surface area contributed by atoms with Gasteiger partial charge in [-0.3, -0.25) is 0 Å². The van der Waals surface area contributed by atoms with E-state index in [4.69, 9.17) is 4.74 Å². The van der Waals surface area contributed by atoms with Crippen LogP contribution in [0.15, 0.2) is 24.3 Å². The van der Waals surface area contributed by atoms with Gasteiger partial charge in [-0.1, -0.05) is 39.0 Å². The molecule has 1 aromatic rings. The Morgan fingerprint density at radius 1 is 1.24 bits per heavy atom. The summed E-state index contributed by atoms with van der Waals surface area (Å²) in [6.45, 7) is 8.84. The third-order valence-electron chi connectivity index (χ3n) is 3.27. The summed E-state index contributed by atoms with van der Waals surface area (Å²) >= 11 is 0. The van der Waals surface area contributed by atoms with E-state index in [1.165, 1.54) is 5.56 Å². The largest absolute Gasteiger partial charge is 0.496 e. The number of rotatable bonds is 7. The zero-order valence-electron chi connectivity index (χ0n) is 11.5. The summed E-state index contributed by atoms with van der Waals surface area (Å²) in [5, 5.41) is 3.45. The molecule has 0 bridgehead atoms. The minimum atomic E-state index is 0.659. The second-order valence-electron chi connectivity index (χ2n) is 4.83. The summed E-state index contributed by atoms with van der Waals surface area (Å²) in [6, 6.07) is 8.32. The molecule has 0 radical (unpaired) electrons. The fourth-order valence-corrected chi connectivity index (χ4v) is 2.03. The van der Waals surface area contributed by atoms with Gasteiger partial charge in [0.1, 0.15) is 5.75 Å². The third kappa shape index (κ3) is 4.39. The van der Waals surface area contributed by atoms with Gasteiger partial charge in [0.2, 0.25) is 0 Å². The number of para-hydroxylation sites is 1. The maximum absolute atomic E-state index is 5.41. The number of ether oxygens (including phenoxy) is 1. The Morgan fingerprint density at radius 2 is 1.94 bits per heavy atom. The van der Waals surface area contributed by atoms with Gasteiger partial charge in [0.15, 0.2) is 0 Å². The second-order valence-corrected chi connectivity index (χ2v) is 4.83. The molecule has 0 aliphatic rings. The van der Waals surface area contributed by atoms with E-state index in [2.05, 4.69) is 38.2 Å². The summed E-state index contributed by atoms with van der Waals surface area (Å²) in [5.74, 6) is 2.35. The van der Waals surface area contributed by atoms with E-state index in [0.717, 1.165) is 25.3 Å². The summed E-state index contributed by atoms with van der Waals surface area (Å²) in [7, 11) is 1.74. The molecule has 1 aromatic carbocycles. The molecule has 0 saturated heterocycles. The van der Waals surface area contributed by atoms with Gasteiger partial charge in [0, 0.05) is 0 Å². The van der Waals surface area contributed by atoms with Crippen LogP contribution in [0.25, 0.3) is 0 Å². The molecule has 1 atom stereocenters. The van der Waals surface area contributed by atoms with Crippen molar-refractivity contribution in [3.8, 4) is 5.75 Å². The van der Waals surface area contributed by atoms with E-state index in [9.17, 15) is 0 Å². The standard InChI is InChI=1S/C15H25NO/c1-5-16-11-14(12(2)3)10-13-8-6-7-9-15(13)17-4/h6-9,12,14,16H,5,10-11H2,1-4H3. The van der Waals surface area contributed by atoms with Crippen molar-refractivity contribution >= 4 is 0 Å². The molecule has 2 heteroatoms. The van der Waals surface area contributed by atoms with E-state index in [-0.39, 0.29) is 0 Å². The van der Waals surface area contributed by atoms with Gasteiger partial charge >= 0.3 is 0 Å². The highest BCUT2D eigenvalue weighted by atomic mass is 16.5. The summed E-state index contributed by atoms with van der Waals surface area (Å²) in [6.07, 6.45) is 1.08. The van der Waals surface area contributed by atoms with Gasteiger partial charge in [-0.05, 0) is 43.0 Å². The van der Waals surface area contributed by atoms with Gasteiger partial charge < -0.3 is 10.1 Å². The molecule has 0 aliphatic carbocycles. The number of nitrogens with one attached hydrogen (secondary N) is 1. The third-order valence-corrected chi connectivity index (χ3v) is 3.27. The molecule has 17 heavy (non-hydrogen) atoms. The molecule has 96 valence electrons. The van der Waals surface area contributed by atoms with E-state index in [1.54, 1.807) is 7.11 Å². The number of methoxy groups -OCH3 is 1. The van der Waals surface area contributed by atoms with E-state index in [0.29, 0.717) is 11.8 Å². The van der Waals surface area contributed by atoms with Crippen LogP contribution in [0.3, 0.4) is 0 Å². The highest BCUT2D eigenvalue weighted by Crippen LogP contribution is 2.24. The van der Waals surface area contributed by atoms with Crippen LogP contribution in [0.5, 0.6) is 5.75 Å². The van der Waals surface area contributed by atoms with Crippen molar-refractivity contribution in [1.82, 2.24) is 5.32 Å². The van der Waals surface area contributed by atoms with Crippen molar-refractivity contribution < 1.29 is 4.74 Å². The Kier molecular flexibility index (Phi) is 6.06. The van der Waals surface area contributed by atoms with Crippen LogP contribution < -0.4 is 10.1 Å². The van der Waals surface area contributed by atoms with Crippen molar-refractivity contribution in [2.45, 2.75) is 27.2 Å². The predicted octanol–water partition coefficient (Wildman–Crippen LogP) is 3.12. The molecule has 0 saturated carbocycles. The second kappa shape index (κ2) is 7.33. The Balaban J connectivity index is 2.71. The summed E-state index contributed by atoms with van der Waals surface area (Å²) in [4.78, 5) is 0. The van der Waals surface area contributed by atoms with Crippen LogP contribution in [-0.2, 0) is 6.42 Å². The van der Waals surface area contributed by atoms with Gasteiger partial charge in [0.25, 0.3) is 0 Å². The first kappa shape index (κ1) is 14.0. The maximum Gasteiger partial charge on any atom is 0.122 e. The molecular formula is C15H25NO. The van der Waals surface area contributed by atoms with Crippen molar-refractivity contribution in [3.63, 3.8) is 0 Å². The Bertz CT molecular complexity index is 322. The molecule has 0 aliphatic heterocycles. The van der Waals surface area contributed by atoms with Crippen molar-refractivity contribution in [1.29, 1.82) is 0 Å². The molecule has 0 heterocycles. The minimum Gasteiger partial charge on any atom is -0.496 e. The minimum absolute atomic E-state index is 0.659. The molecule has 1 unspecified atom stereocenters. The number of hydrogen-bond acceptors (Lipinski definition) is 2. The first-order valence-electron chi connectivity index (χ1n) is 6.51. The molecule has 1 rings (SSSR count). The van der Waals surface area contributed by atoms with E-state index >= 15 is 0 Å². The first-order chi connectivity index (χ1) is 8.19. The average molecular weight is 235 g/mol. The lowest BCUT2D eigenvalue weighted by atomic mass is 9.89. The van der Waals surface area contributed by atoms with Gasteiger partial charge in [-0.25, -0.2) is 0 Å². The number of hydrogen-bond donors (Lipinski definition) is 1. The Labute approximate surface area is 105 Å². The van der Waals surface area contributed by atoms with Crippen LogP contribution in [0.1, 0.15) is 26.3 Å². The quantitative estimate of drug-likeness (QED) is 0.784. The summed E-state index contributed by atoms with van der Waals surface area (Å²) < 4.78 is 5.41. The molecule has 0 fully saturated rings. The van der Waals surface area contributed by atoms with Gasteiger partial charge in [-0.15, -0.1) is 0 Å². The fraction of sp³-hybridized carbons (Fsp3) is 0.600. The molecule has 1 N–H and O–H groups in total. The maximum atomic E-state index is 5.41. The van der Waals surface area contributed by atoms with Crippen LogP contribution >= 0.6 is 0 Å².